The number of hydrogen-bond donors (Lipinski definition) is 1. The summed E-state index contributed by atoms with van der Waals surface area (Å²) in [6.07, 6.45) is 1.97. The molecule has 0 atom stereocenters. The van der Waals surface area contributed by atoms with E-state index in [0.717, 1.165) is 6.26 Å². The van der Waals surface area contributed by atoms with Gasteiger partial charge in [0.1, 0.15) is 5.41 Å². The fraction of sp³-hybridized carbons (Fsp3) is 0.429. The number of hydrogen-bond acceptors (Lipinski definition) is 4. The van der Waals surface area contributed by atoms with Gasteiger partial charge in [0, 0.05) is 11.9 Å². The van der Waals surface area contributed by atoms with Gasteiger partial charge in [-0.05, 0) is 37.1 Å². The average molecular weight is 294 g/mol. The van der Waals surface area contributed by atoms with Crippen molar-refractivity contribution < 1.29 is 13.2 Å². The van der Waals surface area contributed by atoms with Gasteiger partial charge in [0.2, 0.25) is 5.91 Å². The molecule has 5 nitrogen and oxygen atoms in total. The summed E-state index contributed by atoms with van der Waals surface area (Å²) in [6, 6.07) is 7.95. The molecule has 0 spiro atoms. The Kier molecular flexibility index (Phi) is 4.90. The van der Waals surface area contributed by atoms with Gasteiger partial charge in [0.25, 0.3) is 0 Å². The van der Waals surface area contributed by atoms with E-state index in [0.29, 0.717) is 18.5 Å². The van der Waals surface area contributed by atoms with Crippen LogP contribution in [-0.4, -0.2) is 20.6 Å². The monoisotopic (exact) mass is 294 g/mol. The van der Waals surface area contributed by atoms with Crippen LogP contribution in [0.3, 0.4) is 0 Å². The number of nitriles is 1. The van der Waals surface area contributed by atoms with Crippen LogP contribution in [0.25, 0.3) is 0 Å². The molecule has 1 N–H and O–H groups in total. The molecule has 0 saturated heterocycles. The molecular weight excluding hydrogens is 276 g/mol. The predicted octanol–water partition coefficient (Wildman–Crippen LogP) is 2.36. The number of benzene rings is 1. The molecule has 20 heavy (non-hydrogen) atoms. The summed E-state index contributed by atoms with van der Waals surface area (Å²) in [4.78, 5) is 12.3. The Morgan fingerprint density at radius 3 is 2.10 bits per heavy atom. The molecule has 0 saturated carbocycles. The van der Waals surface area contributed by atoms with Crippen LogP contribution in [-0.2, 0) is 14.6 Å². The van der Waals surface area contributed by atoms with E-state index < -0.39 is 15.3 Å². The van der Waals surface area contributed by atoms with Gasteiger partial charge in [-0.25, -0.2) is 8.42 Å². The van der Waals surface area contributed by atoms with E-state index in [1.807, 2.05) is 0 Å². The maximum absolute atomic E-state index is 12.2. The zero-order chi connectivity index (χ0) is 15.4. The van der Waals surface area contributed by atoms with Crippen molar-refractivity contribution in [3.63, 3.8) is 0 Å². The van der Waals surface area contributed by atoms with Crippen molar-refractivity contribution in [2.24, 2.45) is 5.41 Å². The van der Waals surface area contributed by atoms with Gasteiger partial charge in [0.15, 0.2) is 9.84 Å². The Morgan fingerprint density at radius 1 is 1.25 bits per heavy atom. The standard InChI is InChI=1S/C14H18N2O3S/c1-4-14(5-2,10-15)13(17)16-11-6-8-12(9-7-11)20(3,18)19/h6-9H,4-5H2,1-3H3,(H,16,17). The van der Waals surface area contributed by atoms with Crippen LogP contribution in [0.15, 0.2) is 29.2 Å². The van der Waals surface area contributed by atoms with Crippen LogP contribution in [0.5, 0.6) is 0 Å². The Morgan fingerprint density at radius 2 is 1.75 bits per heavy atom. The summed E-state index contributed by atoms with van der Waals surface area (Å²) in [7, 11) is -3.26. The molecule has 1 aromatic rings. The number of nitrogens with one attached hydrogen (secondary N) is 1. The van der Waals surface area contributed by atoms with Crippen LogP contribution in [0.2, 0.25) is 0 Å². The summed E-state index contributed by atoms with van der Waals surface area (Å²) in [5.74, 6) is -0.364. The number of rotatable bonds is 5. The maximum atomic E-state index is 12.2. The first-order valence-electron chi connectivity index (χ1n) is 6.32. The highest BCUT2D eigenvalue weighted by atomic mass is 32.2. The Balaban J connectivity index is 2.95. The van der Waals surface area contributed by atoms with Crippen LogP contribution >= 0.6 is 0 Å². The van der Waals surface area contributed by atoms with E-state index in [4.69, 9.17) is 0 Å². The molecule has 0 aromatic heterocycles. The van der Waals surface area contributed by atoms with Gasteiger partial charge in [-0.3, -0.25) is 4.79 Å². The molecule has 6 heteroatoms. The van der Waals surface area contributed by atoms with Crippen molar-refractivity contribution in [3.8, 4) is 6.07 Å². The van der Waals surface area contributed by atoms with Gasteiger partial charge in [0.05, 0.1) is 11.0 Å². The van der Waals surface area contributed by atoms with E-state index >= 15 is 0 Å². The molecule has 0 aliphatic carbocycles. The number of nitrogens with zero attached hydrogens (tertiary/aromatic N) is 1. The number of carbonyl (C=O) groups excluding carboxylic acids is 1. The largest absolute Gasteiger partial charge is 0.325 e. The van der Waals surface area contributed by atoms with Crippen molar-refractivity contribution >= 4 is 21.4 Å². The van der Waals surface area contributed by atoms with Crippen LogP contribution < -0.4 is 5.32 Å². The second-order valence-electron chi connectivity index (χ2n) is 4.65. The summed E-state index contributed by atoms with van der Waals surface area (Å²) in [6.45, 7) is 3.58. The molecule has 1 aromatic carbocycles. The van der Waals surface area contributed by atoms with Crippen LogP contribution in [0.1, 0.15) is 26.7 Å². The number of amides is 1. The zero-order valence-corrected chi connectivity index (χ0v) is 12.6. The molecule has 0 radical (unpaired) electrons. The van der Waals surface area contributed by atoms with Crippen molar-refractivity contribution in [1.82, 2.24) is 0 Å². The molecule has 0 bridgehead atoms. The zero-order valence-electron chi connectivity index (χ0n) is 11.8. The summed E-state index contributed by atoms with van der Waals surface area (Å²) < 4.78 is 22.7. The molecule has 0 aliphatic rings. The summed E-state index contributed by atoms with van der Waals surface area (Å²) in [5.41, 5.74) is -0.570. The SMILES string of the molecule is CCC(C#N)(CC)C(=O)Nc1ccc(S(C)(=O)=O)cc1. The second kappa shape index (κ2) is 6.06. The minimum absolute atomic E-state index is 0.188. The molecule has 108 valence electrons. The molecular formula is C14H18N2O3S. The molecule has 1 rings (SSSR count). The smallest absolute Gasteiger partial charge is 0.244 e. The van der Waals surface area contributed by atoms with Gasteiger partial charge < -0.3 is 5.32 Å². The molecule has 0 unspecified atom stereocenters. The lowest BCUT2D eigenvalue weighted by molar-refractivity contribution is -0.123. The second-order valence-corrected chi connectivity index (χ2v) is 6.67. The number of anilines is 1. The van der Waals surface area contributed by atoms with Gasteiger partial charge in [-0.1, -0.05) is 13.8 Å². The minimum atomic E-state index is -3.26. The number of sulfone groups is 1. The molecule has 0 aliphatic heterocycles. The Labute approximate surface area is 119 Å². The lowest BCUT2D eigenvalue weighted by atomic mass is 9.83. The molecule has 0 heterocycles. The lowest BCUT2D eigenvalue weighted by Gasteiger charge is -2.22. The fourth-order valence-electron chi connectivity index (χ4n) is 1.82. The Bertz CT molecular complexity index is 623. The molecule has 1 amide bonds. The lowest BCUT2D eigenvalue weighted by Crippen LogP contribution is -2.33. The first kappa shape index (κ1) is 16.2. The maximum Gasteiger partial charge on any atom is 0.244 e. The van der Waals surface area contributed by atoms with Crippen molar-refractivity contribution in [2.75, 3.05) is 11.6 Å². The summed E-state index contributed by atoms with van der Waals surface area (Å²) in [5, 5.41) is 11.8. The van der Waals surface area contributed by atoms with Gasteiger partial charge in [-0.2, -0.15) is 5.26 Å². The highest BCUT2D eigenvalue weighted by Gasteiger charge is 2.34. The van der Waals surface area contributed by atoms with E-state index in [1.54, 1.807) is 13.8 Å². The van der Waals surface area contributed by atoms with Gasteiger partial charge in [-0.15, -0.1) is 0 Å². The first-order chi connectivity index (χ1) is 9.29. The third-order valence-electron chi connectivity index (χ3n) is 3.40. The van der Waals surface area contributed by atoms with Crippen molar-refractivity contribution in [2.45, 2.75) is 31.6 Å². The predicted molar refractivity (Wildman–Crippen MR) is 76.8 cm³/mol. The third-order valence-corrected chi connectivity index (χ3v) is 4.52. The van der Waals surface area contributed by atoms with E-state index in [9.17, 15) is 18.5 Å². The average Bonchev–Trinajstić information content (AvgIpc) is 2.41. The van der Waals surface area contributed by atoms with E-state index in [2.05, 4.69) is 11.4 Å². The van der Waals surface area contributed by atoms with Crippen LogP contribution in [0.4, 0.5) is 5.69 Å². The van der Waals surface area contributed by atoms with E-state index in [1.165, 1.54) is 24.3 Å². The summed E-state index contributed by atoms with van der Waals surface area (Å²) >= 11 is 0. The minimum Gasteiger partial charge on any atom is -0.325 e. The van der Waals surface area contributed by atoms with Crippen molar-refractivity contribution in [3.05, 3.63) is 24.3 Å². The Hall–Kier alpha value is -1.87. The van der Waals surface area contributed by atoms with Gasteiger partial charge >= 0.3 is 0 Å². The number of carbonyl (C=O) groups is 1. The van der Waals surface area contributed by atoms with Crippen LogP contribution in [0, 0.1) is 16.7 Å². The highest BCUT2D eigenvalue weighted by molar-refractivity contribution is 7.90. The normalized spacial score (nSPS) is 11.7. The first-order valence-corrected chi connectivity index (χ1v) is 8.21. The fourth-order valence-corrected chi connectivity index (χ4v) is 2.45. The quantitative estimate of drug-likeness (QED) is 0.903. The van der Waals surface area contributed by atoms with E-state index in [-0.39, 0.29) is 10.8 Å². The highest BCUT2D eigenvalue weighted by Crippen LogP contribution is 2.27. The topological polar surface area (TPSA) is 87.0 Å². The third kappa shape index (κ3) is 3.36. The van der Waals surface area contributed by atoms with Crippen molar-refractivity contribution in [1.29, 1.82) is 5.26 Å². The molecule has 0 fully saturated rings.